The van der Waals surface area contributed by atoms with E-state index in [1.807, 2.05) is 0 Å². The highest BCUT2D eigenvalue weighted by Crippen LogP contribution is 2.14. The molecule has 0 radical (unpaired) electrons. The van der Waals surface area contributed by atoms with Crippen molar-refractivity contribution in [2.75, 3.05) is 6.54 Å². The fourth-order valence-corrected chi connectivity index (χ4v) is 2.78. The Morgan fingerprint density at radius 1 is 1.24 bits per heavy atom. The van der Waals surface area contributed by atoms with Crippen molar-refractivity contribution >= 4 is 10.0 Å². The largest absolute Gasteiger partial charge is 0.320 e. The molecule has 2 rings (SSSR count). The van der Waals surface area contributed by atoms with E-state index < -0.39 is 10.0 Å². The van der Waals surface area contributed by atoms with Crippen LogP contribution in [-0.4, -0.2) is 24.9 Å². The molecule has 0 saturated heterocycles. The van der Waals surface area contributed by atoms with Gasteiger partial charge in [0.25, 0.3) is 0 Å². The summed E-state index contributed by atoms with van der Waals surface area (Å²) in [7, 11) is -3.67. The number of hydrogen-bond acceptors (Lipinski definition) is 5. The van der Waals surface area contributed by atoms with Gasteiger partial charge < -0.3 is 5.73 Å². The molecule has 0 unspecified atom stereocenters. The number of nitrogens with zero attached hydrogens (tertiary/aromatic N) is 2. The molecule has 0 bridgehead atoms. The summed E-state index contributed by atoms with van der Waals surface area (Å²) in [6, 6.07) is 8.16. The van der Waals surface area contributed by atoms with Crippen LogP contribution in [0, 0.1) is 11.8 Å². The van der Waals surface area contributed by atoms with Gasteiger partial charge in [-0.05, 0) is 18.2 Å². The first-order valence-corrected chi connectivity index (χ1v) is 7.64. The second-order valence-electron chi connectivity index (χ2n) is 4.03. The summed E-state index contributed by atoms with van der Waals surface area (Å²) in [5.41, 5.74) is 6.31. The Hall–Kier alpha value is -2.27. The minimum absolute atomic E-state index is 0.0868. The molecule has 2 aromatic rings. The van der Waals surface area contributed by atoms with E-state index in [9.17, 15) is 8.42 Å². The summed E-state index contributed by atoms with van der Waals surface area (Å²) in [6.45, 7) is 0.256. The smallest absolute Gasteiger partial charge is 0.242 e. The Morgan fingerprint density at radius 2 is 2.05 bits per heavy atom. The van der Waals surface area contributed by atoms with Gasteiger partial charge in [-0.15, -0.1) is 0 Å². The normalized spacial score (nSPS) is 10.7. The molecule has 0 saturated carbocycles. The SMILES string of the molecule is NCC#Cc1ccccc1S(=O)(=O)NCc1ccncn1. The topological polar surface area (TPSA) is 98.0 Å². The van der Waals surface area contributed by atoms with Gasteiger partial charge in [0.1, 0.15) is 6.33 Å². The minimum Gasteiger partial charge on any atom is -0.320 e. The quantitative estimate of drug-likeness (QED) is 0.790. The number of hydrogen-bond donors (Lipinski definition) is 2. The van der Waals surface area contributed by atoms with E-state index in [1.54, 1.807) is 30.5 Å². The number of aromatic nitrogens is 2. The van der Waals surface area contributed by atoms with Gasteiger partial charge in [0.05, 0.1) is 23.7 Å². The molecular formula is C14H14N4O2S. The van der Waals surface area contributed by atoms with Gasteiger partial charge in [0.15, 0.2) is 0 Å². The van der Waals surface area contributed by atoms with Crippen LogP contribution in [0.25, 0.3) is 0 Å². The molecule has 0 atom stereocenters. The second kappa shape index (κ2) is 6.95. The number of rotatable bonds is 4. The van der Waals surface area contributed by atoms with E-state index >= 15 is 0 Å². The van der Waals surface area contributed by atoms with Crippen LogP contribution in [0.15, 0.2) is 47.8 Å². The summed E-state index contributed by atoms with van der Waals surface area (Å²) < 4.78 is 27.2. The third-order valence-corrected chi connectivity index (χ3v) is 4.05. The molecule has 1 aromatic heterocycles. The molecule has 7 heteroatoms. The Morgan fingerprint density at radius 3 is 2.76 bits per heavy atom. The minimum atomic E-state index is -3.67. The third-order valence-electron chi connectivity index (χ3n) is 2.59. The van der Waals surface area contributed by atoms with Gasteiger partial charge in [-0.25, -0.2) is 23.1 Å². The standard InChI is InChI=1S/C14H14N4O2S/c15-8-3-5-12-4-1-2-6-14(12)21(19,20)18-10-13-7-9-16-11-17-13/h1-2,4,6-7,9,11,18H,8,10,15H2. The Labute approximate surface area is 123 Å². The summed E-state index contributed by atoms with van der Waals surface area (Å²) in [4.78, 5) is 7.87. The Balaban J connectivity index is 2.24. The van der Waals surface area contributed by atoms with Gasteiger partial charge >= 0.3 is 0 Å². The predicted molar refractivity (Wildman–Crippen MR) is 78.4 cm³/mol. The van der Waals surface area contributed by atoms with Crippen molar-refractivity contribution in [3.63, 3.8) is 0 Å². The summed E-state index contributed by atoms with van der Waals surface area (Å²) in [5, 5.41) is 0. The molecule has 0 aliphatic rings. The zero-order chi connectivity index (χ0) is 15.1. The van der Waals surface area contributed by atoms with Crippen LogP contribution in [0.1, 0.15) is 11.3 Å². The first kappa shape index (κ1) is 15.1. The number of sulfonamides is 1. The first-order chi connectivity index (χ1) is 10.1. The fraction of sp³-hybridized carbons (Fsp3) is 0.143. The number of nitrogens with one attached hydrogen (secondary N) is 1. The van der Waals surface area contributed by atoms with Crippen LogP contribution in [0.3, 0.4) is 0 Å². The molecule has 1 heterocycles. The van der Waals surface area contributed by atoms with Crippen molar-refractivity contribution in [1.29, 1.82) is 0 Å². The molecule has 0 fully saturated rings. The summed E-state index contributed by atoms with van der Waals surface area (Å²) in [5.74, 6) is 5.41. The lowest BCUT2D eigenvalue weighted by atomic mass is 10.2. The molecule has 0 amide bonds. The maximum atomic E-state index is 12.3. The lowest BCUT2D eigenvalue weighted by molar-refractivity contribution is 0.580. The lowest BCUT2D eigenvalue weighted by Gasteiger charge is -2.08. The molecule has 108 valence electrons. The van der Waals surface area contributed by atoms with Gasteiger partial charge in [-0.2, -0.15) is 0 Å². The molecule has 6 nitrogen and oxygen atoms in total. The highest BCUT2D eigenvalue weighted by Gasteiger charge is 2.17. The molecule has 21 heavy (non-hydrogen) atoms. The zero-order valence-electron chi connectivity index (χ0n) is 11.2. The van der Waals surface area contributed by atoms with Crippen molar-refractivity contribution in [3.05, 3.63) is 54.1 Å². The average molecular weight is 302 g/mol. The zero-order valence-corrected chi connectivity index (χ0v) is 12.0. The second-order valence-corrected chi connectivity index (χ2v) is 5.76. The van der Waals surface area contributed by atoms with Crippen LogP contribution in [0.5, 0.6) is 0 Å². The lowest BCUT2D eigenvalue weighted by Crippen LogP contribution is -2.24. The van der Waals surface area contributed by atoms with Crippen LogP contribution in [0.4, 0.5) is 0 Å². The van der Waals surface area contributed by atoms with Crippen LogP contribution < -0.4 is 10.5 Å². The third kappa shape index (κ3) is 4.10. The van der Waals surface area contributed by atoms with Gasteiger partial charge in [0.2, 0.25) is 10.0 Å². The Kier molecular flexibility index (Phi) is 5.00. The highest BCUT2D eigenvalue weighted by molar-refractivity contribution is 7.89. The highest BCUT2D eigenvalue weighted by atomic mass is 32.2. The number of benzene rings is 1. The van der Waals surface area contributed by atoms with E-state index in [-0.39, 0.29) is 18.0 Å². The molecule has 3 N–H and O–H groups in total. The monoisotopic (exact) mass is 302 g/mol. The number of nitrogens with two attached hydrogens (primary N) is 1. The van der Waals surface area contributed by atoms with Crippen molar-refractivity contribution in [2.24, 2.45) is 5.73 Å². The van der Waals surface area contributed by atoms with E-state index in [1.165, 1.54) is 12.4 Å². The average Bonchev–Trinajstić information content (AvgIpc) is 2.52. The van der Waals surface area contributed by atoms with Crippen LogP contribution in [-0.2, 0) is 16.6 Å². The van der Waals surface area contributed by atoms with Crippen molar-refractivity contribution in [1.82, 2.24) is 14.7 Å². The summed E-state index contributed by atoms with van der Waals surface area (Å²) >= 11 is 0. The molecular weight excluding hydrogens is 288 g/mol. The van der Waals surface area contributed by atoms with Crippen molar-refractivity contribution in [2.45, 2.75) is 11.4 Å². The Bertz CT molecular complexity index is 764. The van der Waals surface area contributed by atoms with E-state index in [0.717, 1.165) is 0 Å². The molecule has 0 spiro atoms. The van der Waals surface area contributed by atoms with Gasteiger partial charge in [0, 0.05) is 11.8 Å². The van der Waals surface area contributed by atoms with E-state index in [4.69, 9.17) is 5.73 Å². The van der Waals surface area contributed by atoms with Gasteiger partial charge in [-0.3, -0.25) is 0 Å². The fourth-order valence-electron chi connectivity index (χ4n) is 1.62. The molecule has 1 aromatic carbocycles. The predicted octanol–water partition coefficient (Wildman–Crippen LogP) is 0.265. The molecule has 0 aliphatic carbocycles. The van der Waals surface area contributed by atoms with E-state index in [2.05, 4.69) is 26.5 Å². The van der Waals surface area contributed by atoms with Crippen molar-refractivity contribution in [3.8, 4) is 11.8 Å². The van der Waals surface area contributed by atoms with E-state index in [0.29, 0.717) is 11.3 Å². The maximum absolute atomic E-state index is 12.3. The van der Waals surface area contributed by atoms with Crippen LogP contribution in [0.2, 0.25) is 0 Å². The van der Waals surface area contributed by atoms with Crippen molar-refractivity contribution < 1.29 is 8.42 Å². The first-order valence-electron chi connectivity index (χ1n) is 6.16. The summed E-state index contributed by atoms with van der Waals surface area (Å²) in [6.07, 6.45) is 2.92. The molecule has 0 aliphatic heterocycles. The maximum Gasteiger partial charge on any atom is 0.242 e. The van der Waals surface area contributed by atoms with Crippen LogP contribution >= 0.6 is 0 Å². The van der Waals surface area contributed by atoms with Gasteiger partial charge in [-0.1, -0.05) is 24.0 Å².